The first kappa shape index (κ1) is 23.1. The third kappa shape index (κ3) is 5.37. The number of halogens is 4. The lowest BCUT2D eigenvalue weighted by Gasteiger charge is -2.13. The molecule has 0 unspecified atom stereocenters. The number of esters is 1. The van der Waals surface area contributed by atoms with E-state index >= 15 is 0 Å². The van der Waals surface area contributed by atoms with Gasteiger partial charge in [0, 0.05) is 19.4 Å². The van der Waals surface area contributed by atoms with E-state index in [1.165, 1.54) is 0 Å². The zero-order valence-corrected chi connectivity index (χ0v) is 17.6. The summed E-state index contributed by atoms with van der Waals surface area (Å²) in [6.45, 7) is 2.72. The van der Waals surface area contributed by atoms with Gasteiger partial charge in [0.15, 0.2) is 5.16 Å². The van der Waals surface area contributed by atoms with E-state index in [2.05, 4.69) is 4.98 Å². The lowest BCUT2D eigenvalue weighted by Crippen LogP contribution is -2.10. The smallest absolute Gasteiger partial charge is 0.416 e. The van der Waals surface area contributed by atoms with Crippen molar-refractivity contribution in [3.8, 4) is 0 Å². The van der Waals surface area contributed by atoms with Crippen LogP contribution < -0.4 is 0 Å². The second-order valence-corrected chi connectivity index (χ2v) is 7.49. The number of imidazole rings is 1. The SMILES string of the molecule is CCOC(=O)c1ccc2c(c1)nc(SCc1ccc(F)cc1C(F)(F)F)n2CCOC. The van der Waals surface area contributed by atoms with E-state index in [0.717, 1.165) is 23.9 Å². The summed E-state index contributed by atoms with van der Waals surface area (Å²) in [4.78, 5) is 16.5. The molecular weight excluding hydrogens is 436 g/mol. The van der Waals surface area contributed by atoms with Crippen molar-refractivity contribution >= 4 is 28.8 Å². The summed E-state index contributed by atoms with van der Waals surface area (Å²) < 4.78 is 65.2. The number of hydrogen-bond acceptors (Lipinski definition) is 5. The summed E-state index contributed by atoms with van der Waals surface area (Å²) in [5, 5.41) is 0.463. The number of alkyl halides is 3. The first-order chi connectivity index (χ1) is 14.7. The number of benzene rings is 2. The van der Waals surface area contributed by atoms with Crippen molar-refractivity contribution in [1.82, 2.24) is 9.55 Å². The van der Waals surface area contributed by atoms with Crippen molar-refractivity contribution in [1.29, 1.82) is 0 Å². The molecule has 0 N–H and O–H groups in total. The standard InChI is InChI=1S/C21H20F4N2O3S/c1-3-30-19(28)13-5-7-18-17(10-13)26-20(27(18)8-9-29-2)31-12-14-4-6-15(22)11-16(14)21(23,24)25/h4-7,10-11H,3,8-9,12H2,1-2H3. The molecule has 0 bridgehead atoms. The van der Waals surface area contributed by atoms with Gasteiger partial charge in [-0.1, -0.05) is 17.8 Å². The number of nitrogens with zero attached hydrogens (tertiary/aromatic N) is 2. The molecule has 166 valence electrons. The van der Waals surface area contributed by atoms with Crippen molar-refractivity contribution in [3.05, 3.63) is 58.9 Å². The molecule has 1 heterocycles. The predicted octanol–water partition coefficient (Wildman–Crippen LogP) is 5.31. The van der Waals surface area contributed by atoms with Crippen LogP contribution in [0.5, 0.6) is 0 Å². The molecule has 0 amide bonds. The Kier molecular flexibility index (Phi) is 7.22. The fourth-order valence-corrected chi connectivity index (χ4v) is 4.08. The van der Waals surface area contributed by atoms with Crippen molar-refractivity contribution in [2.45, 2.75) is 30.6 Å². The van der Waals surface area contributed by atoms with Crippen molar-refractivity contribution in [3.63, 3.8) is 0 Å². The maximum atomic E-state index is 13.4. The van der Waals surface area contributed by atoms with Crippen LogP contribution in [0.4, 0.5) is 17.6 Å². The molecule has 3 rings (SSSR count). The molecule has 5 nitrogen and oxygen atoms in total. The van der Waals surface area contributed by atoms with Gasteiger partial charge in [0.25, 0.3) is 0 Å². The number of rotatable bonds is 8. The third-order valence-electron chi connectivity index (χ3n) is 4.48. The quantitative estimate of drug-likeness (QED) is 0.261. The molecule has 0 radical (unpaired) electrons. The molecule has 0 fully saturated rings. The number of ether oxygens (including phenoxy) is 2. The van der Waals surface area contributed by atoms with Crippen molar-refractivity contribution in [2.75, 3.05) is 20.3 Å². The van der Waals surface area contributed by atoms with Crippen LogP contribution in [-0.4, -0.2) is 35.8 Å². The van der Waals surface area contributed by atoms with Crippen LogP contribution in [0.15, 0.2) is 41.6 Å². The number of aromatic nitrogens is 2. The van der Waals surface area contributed by atoms with Crippen LogP contribution in [0, 0.1) is 5.82 Å². The zero-order chi connectivity index (χ0) is 22.6. The molecule has 31 heavy (non-hydrogen) atoms. The summed E-state index contributed by atoms with van der Waals surface area (Å²) in [7, 11) is 1.54. The third-order valence-corrected chi connectivity index (χ3v) is 5.50. The normalized spacial score (nSPS) is 11.8. The van der Waals surface area contributed by atoms with Gasteiger partial charge in [-0.25, -0.2) is 14.2 Å². The Balaban J connectivity index is 1.95. The average molecular weight is 456 g/mol. The minimum absolute atomic E-state index is 0.0449. The first-order valence-electron chi connectivity index (χ1n) is 9.39. The minimum atomic E-state index is -4.66. The summed E-state index contributed by atoms with van der Waals surface area (Å²) in [6.07, 6.45) is -4.66. The van der Waals surface area contributed by atoms with Gasteiger partial charge in [-0.2, -0.15) is 13.2 Å². The van der Waals surface area contributed by atoms with Gasteiger partial charge in [-0.05, 0) is 42.8 Å². The van der Waals surface area contributed by atoms with E-state index in [4.69, 9.17) is 9.47 Å². The molecule has 0 aliphatic heterocycles. The monoisotopic (exact) mass is 456 g/mol. The Morgan fingerprint density at radius 3 is 2.65 bits per heavy atom. The maximum Gasteiger partial charge on any atom is 0.416 e. The molecule has 0 atom stereocenters. The van der Waals surface area contributed by atoms with Crippen LogP contribution in [0.3, 0.4) is 0 Å². The highest BCUT2D eigenvalue weighted by Gasteiger charge is 2.33. The number of hydrogen-bond donors (Lipinski definition) is 0. The number of methoxy groups -OCH3 is 1. The molecule has 0 spiro atoms. The highest BCUT2D eigenvalue weighted by molar-refractivity contribution is 7.98. The topological polar surface area (TPSA) is 53.3 Å². The molecule has 0 aliphatic rings. The van der Waals surface area contributed by atoms with E-state index in [-0.39, 0.29) is 17.9 Å². The number of carbonyl (C=O) groups is 1. The molecule has 0 saturated carbocycles. The van der Waals surface area contributed by atoms with E-state index in [1.54, 1.807) is 32.2 Å². The second kappa shape index (κ2) is 9.69. The Labute approximate surface area is 180 Å². The summed E-state index contributed by atoms with van der Waals surface area (Å²) >= 11 is 1.09. The van der Waals surface area contributed by atoms with E-state index in [9.17, 15) is 22.4 Å². The summed E-state index contributed by atoms with van der Waals surface area (Å²) in [5.74, 6) is -1.48. The Morgan fingerprint density at radius 1 is 1.19 bits per heavy atom. The van der Waals surface area contributed by atoms with Crippen LogP contribution >= 0.6 is 11.8 Å². The van der Waals surface area contributed by atoms with E-state index in [0.29, 0.717) is 41.0 Å². The number of carbonyl (C=O) groups excluding carboxylic acids is 1. The van der Waals surface area contributed by atoms with Crippen LogP contribution in [0.1, 0.15) is 28.4 Å². The first-order valence-corrected chi connectivity index (χ1v) is 10.4. The van der Waals surface area contributed by atoms with Gasteiger partial charge in [0.1, 0.15) is 5.82 Å². The van der Waals surface area contributed by atoms with Crippen molar-refractivity contribution < 1.29 is 31.8 Å². The summed E-state index contributed by atoms with van der Waals surface area (Å²) in [5.41, 5.74) is 0.503. The highest BCUT2D eigenvalue weighted by atomic mass is 32.2. The Morgan fingerprint density at radius 2 is 1.97 bits per heavy atom. The molecular formula is C21H20F4N2O3S. The van der Waals surface area contributed by atoms with Crippen molar-refractivity contribution in [2.24, 2.45) is 0 Å². The molecule has 2 aromatic carbocycles. The minimum Gasteiger partial charge on any atom is -0.462 e. The largest absolute Gasteiger partial charge is 0.462 e. The van der Waals surface area contributed by atoms with Crippen LogP contribution in [0.2, 0.25) is 0 Å². The summed E-state index contributed by atoms with van der Waals surface area (Å²) in [6, 6.07) is 7.54. The van der Waals surface area contributed by atoms with Gasteiger partial charge >= 0.3 is 12.1 Å². The maximum absolute atomic E-state index is 13.4. The van der Waals surface area contributed by atoms with E-state index in [1.807, 2.05) is 4.57 Å². The number of thioether (sulfide) groups is 1. The van der Waals surface area contributed by atoms with Crippen LogP contribution in [-0.2, 0) is 27.9 Å². The lowest BCUT2D eigenvalue weighted by molar-refractivity contribution is -0.138. The second-order valence-electron chi connectivity index (χ2n) is 6.55. The Hall–Kier alpha value is -2.59. The molecule has 3 aromatic rings. The number of fused-ring (bicyclic) bond motifs is 1. The fourth-order valence-electron chi connectivity index (χ4n) is 3.04. The fraction of sp³-hybridized carbons (Fsp3) is 0.333. The van der Waals surface area contributed by atoms with Crippen LogP contribution in [0.25, 0.3) is 11.0 Å². The van der Waals surface area contributed by atoms with Gasteiger partial charge in [0.2, 0.25) is 0 Å². The molecule has 0 aliphatic carbocycles. The van der Waals surface area contributed by atoms with Gasteiger partial charge in [0.05, 0.1) is 35.4 Å². The van der Waals surface area contributed by atoms with E-state index < -0.39 is 23.5 Å². The van der Waals surface area contributed by atoms with Gasteiger partial charge in [-0.3, -0.25) is 0 Å². The van der Waals surface area contributed by atoms with Gasteiger partial charge < -0.3 is 14.0 Å². The molecule has 1 aromatic heterocycles. The lowest BCUT2D eigenvalue weighted by atomic mass is 10.1. The Bertz CT molecular complexity index is 1080. The van der Waals surface area contributed by atoms with Gasteiger partial charge in [-0.15, -0.1) is 0 Å². The average Bonchev–Trinajstić information content (AvgIpc) is 3.07. The highest BCUT2D eigenvalue weighted by Crippen LogP contribution is 2.36. The predicted molar refractivity (Wildman–Crippen MR) is 109 cm³/mol. The zero-order valence-electron chi connectivity index (χ0n) is 16.8. The molecule has 10 heteroatoms. The molecule has 0 saturated heterocycles.